The highest BCUT2D eigenvalue weighted by Gasteiger charge is 2.45. The Morgan fingerprint density at radius 2 is 1.74 bits per heavy atom. The van der Waals surface area contributed by atoms with Crippen molar-refractivity contribution in [2.45, 2.75) is 63.1 Å². The molecule has 8 nitrogen and oxygen atoms in total. The quantitative estimate of drug-likeness (QED) is 0.347. The molecule has 38 heavy (non-hydrogen) atoms. The number of aliphatic carboxylic acids is 1. The van der Waals surface area contributed by atoms with Gasteiger partial charge >= 0.3 is 12.1 Å². The van der Waals surface area contributed by atoms with Gasteiger partial charge in [-0.05, 0) is 49.3 Å². The molecule has 0 saturated heterocycles. The maximum absolute atomic E-state index is 14.3. The number of carboxylic acids is 1. The Balaban J connectivity index is 1.60. The monoisotopic (exact) mass is 530 g/mol. The van der Waals surface area contributed by atoms with E-state index in [0.29, 0.717) is 22.4 Å². The molecule has 0 spiro atoms. The Kier molecular flexibility index (Phi) is 8.48. The lowest BCUT2D eigenvalue weighted by atomic mass is 10.0. The summed E-state index contributed by atoms with van der Waals surface area (Å²) in [6, 6.07) is 11.4. The molecule has 0 aliphatic heterocycles. The minimum absolute atomic E-state index is 0.103. The lowest BCUT2D eigenvalue weighted by Gasteiger charge is -2.25. The molecular weight excluding hydrogens is 501 g/mol. The van der Waals surface area contributed by atoms with Crippen molar-refractivity contribution >= 4 is 5.97 Å². The lowest BCUT2D eigenvalue weighted by molar-refractivity contribution is -0.199. The van der Waals surface area contributed by atoms with Gasteiger partial charge in [-0.1, -0.05) is 36.4 Å². The number of carbonyl (C=O) groups is 1. The SMILES string of the molecule is NCc1ccc(C(Oc2cc(-c3ccc(C[C@H](N)C(=O)O)cc3)ncn2)C(F)(F)F)c(OC2CCCC2)c1. The van der Waals surface area contributed by atoms with Crippen LogP contribution in [0.1, 0.15) is 48.5 Å². The number of nitrogens with two attached hydrogens (primary N) is 2. The molecule has 4 rings (SSSR count). The molecule has 1 aliphatic rings. The van der Waals surface area contributed by atoms with E-state index in [4.69, 9.17) is 26.0 Å². The number of hydrogen-bond donors (Lipinski definition) is 3. The van der Waals surface area contributed by atoms with Gasteiger partial charge in [-0.3, -0.25) is 4.79 Å². The Labute approximate surface area is 217 Å². The molecule has 11 heteroatoms. The summed E-state index contributed by atoms with van der Waals surface area (Å²) < 4.78 is 54.3. The van der Waals surface area contributed by atoms with Crippen LogP contribution in [0, 0.1) is 0 Å². The van der Waals surface area contributed by atoms with Gasteiger partial charge in [-0.2, -0.15) is 13.2 Å². The molecule has 3 aromatic rings. The fourth-order valence-electron chi connectivity index (χ4n) is 4.35. The summed E-state index contributed by atoms with van der Waals surface area (Å²) in [6.07, 6.45) is -2.49. The standard InChI is InChI=1S/C27H29F3N4O4/c28-27(29,30)25(20-10-7-17(14-31)12-23(20)37-19-3-1-2-4-19)38-24-13-22(33-15-34-24)18-8-5-16(6-9-18)11-21(32)26(35)36/h5-10,12-13,15,19,21,25H,1-4,11,14,31-32H2,(H,35,36)/t21-,25?/m0/s1. The van der Waals surface area contributed by atoms with Gasteiger partial charge < -0.3 is 26.0 Å². The predicted molar refractivity (Wildman–Crippen MR) is 133 cm³/mol. The molecule has 1 aliphatic carbocycles. The molecule has 1 heterocycles. The molecule has 1 unspecified atom stereocenters. The van der Waals surface area contributed by atoms with Crippen molar-refractivity contribution in [2.75, 3.05) is 0 Å². The number of carboxylic acid groups (broad SMARTS) is 1. The Bertz CT molecular complexity index is 1250. The largest absolute Gasteiger partial charge is 0.490 e. The van der Waals surface area contributed by atoms with E-state index >= 15 is 0 Å². The van der Waals surface area contributed by atoms with Gasteiger partial charge in [0.1, 0.15) is 18.1 Å². The van der Waals surface area contributed by atoms with Crippen LogP contribution >= 0.6 is 0 Å². The molecule has 0 amide bonds. The molecule has 2 aromatic carbocycles. The second-order valence-electron chi connectivity index (χ2n) is 9.23. The smallest absolute Gasteiger partial charge is 0.429 e. The predicted octanol–water partition coefficient (Wildman–Crippen LogP) is 4.56. The first-order valence-electron chi connectivity index (χ1n) is 12.3. The number of aromatic nitrogens is 2. The normalized spacial score (nSPS) is 15.7. The molecule has 0 bridgehead atoms. The van der Waals surface area contributed by atoms with Crippen LogP contribution in [-0.4, -0.2) is 39.4 Å². The summed E-state index contributed by atoms with van der Waals surface area (Å²) >= 11 is 0. The zero-order valence-electron chi connectivity index (χ0n) is 20.5. The number of nitrogens with zero attached hydrogens (tertiary/aromatic N) is 2. The van der Waals surface area contributed by atoms with E-state index < -0.39 is 24.3 Å². The van der Waals surface area contributed by atoms with Crippen LogP contribution in [0.25, 0.3) is 11.3 Å². The molecule has 2 atom stereocenters. The summed E-state index contributed by atoms with van der Waals surface area (Å²) in [4.78, 5) is 19.0. The summed E-state index contributed by atoms with van der Waals surface area (Å²) in [5.41, 5.74) is 13.4. The fourth-order valence-corrected chi connectivity index (χ4v) is 4.35. The Hall–Kier alpha value is -3.70. The second kappa shape index (κ2) is 11.8. The van der Waals surface area contributed by atoms with Gasteiger partial charge in [0, 0.05) is 23.7 Å². The number of hydrogen-bond acceptors (Lipinski definition) is 7. The maximum Gasteiger partial charge on any atom is 0.429 e. The first kappa shape index (κ1) is 27.3. The summed E-state index contributed by atoms with van der Waals surface area (Å²) in [5.74, 6) is -1.27. The number of ether oxygens (including phenoxy) is 2. The molecule has 5 N–H and O–H groups in total. The highest BCUT2D eigenvalue weighted by Crippen LogP contribution is 2.42. The number of benzene rings is 2. The van der Waals surface area contributed by atoms with Crippen LogP contribution in [0.15, 0.2) is 54.9 Å². The average Bonchev–Trinajstić information content (AvgIpc) is 3.40. The van der Waals surface area contributed by atoms with E-state index in [1.807, 2.05) is 0 Å². The van der Waals surface area contributed by atoms with Crippen LogP contribution in [-0.2, 0) is 17.8 Å². The summed E-state index contributed by atoms with van der Waals surface area (Å²) in [7, 11) is 0. The van der Waals surface area contributed by atoms with Crippen molar-refractivity contribution in [3.8, 4) is 22.9 Å². The van der Waals surface area contributed by atoms with Crippen molar-refractivity contribution in [2.24, 2.45) is 11.5 Å². The average molecular weight is 531 g/mol. The molecule has 202 valence electrons. The van der Waals surface area contributed by atoms with E-state index in [2.05, 4.69) is 9.97 Å². The third kappa shape index (κ3) is 6.78. The van der Waals surface area contributed by atoms with Crippen molar-refractivity contribution in [1.29, 1.82) is 0 Å². The van der Waals surface area contributed by atoms with Gasteiger partial charge in [0.05, 0.1) is 11.8 Å². The second-order valence-corrected chi connectivity index (χ2v) is 9.23. The van der Waals surface area contributed by atoms with Crippen molar-refractivity contribution in [1.82, 2.24) is 9.97 Å². The minimum atomic E-state index is -4.76. The first-order valence-corrected chi connectivity index (χ1v) is 12.3. The minimum Gasteiger partial charge on any atom is -0.490 e. The number of alkyl halides is 3. The van der Waals surface area contributed by atoms with Gasteiger partial charge in [-0.15, -0.1) is 0 Å². The molecule has 1 fully saturated rings. The third-order valence-corrected chi connectivity index (χ3v) is 6.39. The van der Waals surface area contributed by atoms with E-state index in [-0.39, 0.29) is 36.3 Å². The number of rotatable bonds is 10. The van der Waals surface area contributed by atoms with Crippen LogP contribution < -0.4 is 20.9 Å². The Morgan fingerprint density at radius 3 is 2.37 bits per heavy atom. The van der Waals surface area contributed by atoms with Crippen molar-refractivity contribution in [3.05, 3.63) is 71.5 Å². The van der Waals surface area contributed by atoms with Crippen molar-refractivity contribution < 1.29 is 32.5 Å². The van der Waals surface area contributed by atoms with Gasteiger partial charge in [0.2, 0.25) is 12.0 Å². The maximum atomic E-state index is 14.3. The zero-order valence-corrected chi connectivity index (χ0v) is 20.5. The first-order chi connectivity index (χ1) is 18.1. The van der Waals surface area contributed by atoms with E-state index in [1.54, 1.807) is 30.3 Å². The Morgan fingerprint density at radius 1 is 1.05 bits per heavy atom. The molecule has 1 aromatic heterocycles. The molecular formula is C27H29F3N4O4. The van der Waals surface area contributed by atoms with E-state index in [9.17, 15) is 18.0 Å². The summed E-state index contributed by atoms with van der Waals surface area (Å²) in [6.45, 7) is 0.162. The lowest BCUT2D eigenvalue weighted by Crippen LogP contribution is -2.32. The topological polar surface area (TPSA) is 134 Å². The van der Waals surface area contributed by atoms with Crippen LogP contribution in [0.3, 0.4) is 0 Å². The number of halogens is 3. The van der Waals surface area contributed by atoms with E-state index in [0.717, 1.165) is 32.0 Å². The van der Waals surface area contributed by atoms with Crippen molar-refractivity contribution in [3.63, 3.8) is 0 Å². The fraction of sp³-hybridized carbons (Fsp3) is 0.370. The van der Waals surface area contributed by atoms with Crippen LogP contribution in [0.2, 0.25) is 0 Å². The molecule has 1 saturated carbocycles. The zero-order chi connectivity index (χ0) is 27.3. The third-order valence-electron chi connectivity index (χ3n) is 6.39. The molecule has 0 radical (unpaired) electrons. The van der Waals surface area contributed by atoms with Gasteiger partial charge in [0.25, 0.3) is 0 Å². The highest BCUT2D eigenvalue weighted by molar-refractivity contribution is 5.73. The van der Waals surface area contributed by atoms with Gasteiger partial charge in [-0.25, -0.2) is 9.97 Å². The van der Waals surface area contributed by atoms with Gasteiger partial charge in [0.15, 0.2) is 0 Å². The summed E-state index contributed by atoms with van der Waals surface area (Å²) in [5, 5.41) is 8.98. The highest BCUT2D eigenvalue weighted by atomic mass is 19.4. The van der Waals surface area contributed by atoms with E-state index in [1.165, 1.54) is 18.2 Å². The van der Waals surface area contributed by atoms with Crippen LogP contribution in [0.4, 0.5) is 13.2 Å². The van der Waals surface area contributed by atoms with Crippen LogP contribution in [0.5, 0.6) is 11.6 Å².